The molecule has 1 fully saturated rings. The molecule has 0 radical (unpaired) electrons. The van der Waals surface area contributed by atoms with Crippen LogP contribution in [0.2, 0.25) is 0 Å². The topological polar surface area (TPSA) is 86.4 Å². The van der Waals surface area contributed by atoms with Crippen LogP contribution in [0.4, 0.5) is 0 Å². The van der Waals surface area contributed by atoms with E-state index in [1.807, 2.05) is 29.2 Å². The van der Waals surface area contributed by atoms with E-state index in [0.29, 0.717) is 30.5 Å². The maximum Gasteiger partial charge on any atom is 0.261 e. The molecule has 1 aromatic heterocycles. The predicted molar refractivity (Wildman–Crippen MR) is 111 cm³/mol. The first kappa shape index (κ1) is 18.5. The van der Waals surface area contributed by atoms with Gasteiger partial charge in [-0.3, -0.25) is 19.3 Å². The summed E-state index contributed by atoms with van der Waals surface area (Å²) in [6.45, 7) is 0.953. The first-order valence-corrected chi connectivity index (χ1v) is 10.3. The zero-order chi connectivity index (χ0) is 20.7. The van der Waals surface area contributed by atoms with E-state index < -0.39 is 0 Å². The molecule has 2 aliphatic rings. The molecule has 5 rings (SSSR count). The van der Waals surface area contributed by atoms with Gasteiger partial charge in [0.2, 0.25) is 5.91 Å². The Balaban J connectivity index is 1.22. The molecule has 0 aliphatic carbocycles. The van der Waals surface area contributed by atoms with Gasteiger partial charge in [-0.15, -0.1) is 0 Å². The summed E-state index contributed by atoms with van der Waals surface area (Å²) in [4.78, 5) is 48.9. The number of benzene rings is 2. The van der Waals surface area contributed by atoms with Crippen molar-refractivity contribution < 1.29 is 14.4 Å². The summed E-state index contributed by atoms with van der Waals surface area (Å²) < 4.78 is 0. The van der Waals surface area contributed by atoms with Gasteiger partial charge < -0.3 is 9.88 Å². The Labute approximate surface area is 173 Å². The summed E-state index contributed by atoms with van der Waals surface area (Å²) in [5, 5.41) is 0. The smallest absolute Gasteiger partial charge is 0.261 e. The van der Waals surface area contributed by atoms with E-state index in [-0.39, 0.29) is 30.3 Å². The molecule has 0 unspecified atom stereocenters. The number of amides is 3. The molecule has 2 aromatic carbocycles. The summed E-state index contributed by atoms with van der Waals surface area (Å²) in [5.41, 5.74) is 2.76. The van der Waals surface area contributed by atoms with Gasteiger partial charge in [0.05, 0.1) is 28.2 Å². The first-order valence-electron chi connectivity index (χ1n) is 10.3. The lowest BCUT2D eigenvalue weighted by atomic mass is 10.1. The number of fused-ring (bicyclic) bond motifs is 2. The lowest BCUT2D eigenvalue weighted by Gasteiger charge is -2.23. The number of nitrogens with zero attached hydrogens (tertiary/aromatic N) is 3. The molecular weight excluding hydrogens is 380 g/mol. The molecule has 0 spiro atoms. The van der Waals surface area contributed by atoms with E-state index in [1.165, 1.54) is 4.90 Å². The summed E-state index contributed by atoms with van der Waals surface area (Å²) >= 11 is 0. The van der Waals surface area contributed by atoms with Gasteiger partial charge in [0.25, 0.3) is 11.8 Å². The lowest BCUT2D eigenvalue weighted by Crippen LogP contribution is -2.34. The normalized spacial score (nSPS) is 18.5. The molecule has 1 saturated heterocycles. The highest BCUT2D eigenvalue weighted by Crippen LogP contribution is 2.32. The molecule has 7 heteroatoms. The van der Waals surface area contributed by atoms with Crippen molar-refractivity contribution in [2.24, 2.45) is 0 Å². The zero-order valence-electron chi connectivity index (χ0n) is 16.5. The van der Waals surface area contributed by atoms with Crippen LogP contribution in [0.25, 0.3) is 11.0 Å². The van der Waals surface area contributed by atoms with Gasteiger partial charge in [-0.25, -0.2) is 4.98 Å². The molecule has 7 nitrogen and oxygen atoms in total. The van der Waals surface area contributed by atoms with Crippen LogP contribution in [0.3, 0.4) is 0 Å². The molecule has 3 aromatic rings. The molecular formula is C23H22N4O3. The maximum atomic E-state index is 12.9. The number of imidazole rings is 1. The van der Waals surface area contributed by atoms with Crippen LogP contribution in [0.1, 0.15) is 58.3 Å². The minimum absolute atomic E-state index is 0.0366. The highest BCUT2D eigenvalue weighted by atomic mass is 16.2. The van der Waals surface area contributed by atoms with Gasteiger partial charge >= 0.3 is 0 Å². The molecule has 30 heavy (non-hydrogen) atoms. The highest BCUT2D eigenvalue weighted by Gasteiger charge is 2.35. The van der Waals surface area contributed by atoms with Crippen LogP contribution in [0.15, 0.2) is 48.5 Å². The largest absolute Gasteiger partial charge is 0.340 e. The monoisotopic (exact) mass is 402 g/mol. The Morgan fingerprint density at radius 3 is 2.47 bits per heavy atom. The molecule has 3 amide bonds. The second-order valence-electron chi connectivity index (χ2n) is 7.80. The van der Waals surface area contributed by atoms with Gasteiger partial charge in [-0.1, -0.05) is 24.3 Å². The first-order chi connectivity index (χ1) is 14.6. The number of carbonyl (C=O) groups excluding carboxylic acids is 3. The molecule has 1 atom stereocenters. The molecule has 3 heterocycles. The van der Waals surface area contributed by atoms with Crippen LogP contribution in [-0.2, 0) is 4.79 Å². The molecule has 0 saturated carbocycles. The van der Waals surface area contributed by atoms with E-state index in [2.05, 4.69) is 9.97 Å². The van der Waals surface area contributed by atoms with Crippen molar-refractivity contribution in [2.75, 3.05) is 13.1 Å². The van der Waals surface area contributed by atoms with Crippen LogP contribution in [0.5, 0.6) is 0 Å². The number of para-hydroxylation sites is 2. The number of nitrogens with one attached hydrogen (secondary N) is 1. The van der Waals surface area contributed by atoms with E-state index in [0.717, 1.165) is 29.7 Å². The minimum atomic E-state index is -0.274. The van der Waals surface area contributed by atoms with Gasteiger partial charge in [0.15, 0.2) is 0 Å². The Morgan fingerprint density at radius 2 is 1.73 bits per heavy atom. The minimum Gasteiger partial charge on any atom is -0.340 e. The zero-order valence-corrected chi connectivity index (χ0v) is 16.5. The van der Waals surface area contributed by atoms with Crippen molar-refractivity contribution >= 4 is 28.8 Å². The molecule has 152 valence electrons. The second-order valence-corrected chi connectivity index (χ2v) is 7.80. The number of rotatable bonds is 5. The Morgan fingerprint density at radius 1 is 1.03 bits per heavy atom. The Hall–Kier alpha value is -3.48. The average Bonchev–Trinajstić information content (AvgIpc) is 3.47. The van der Waals surface area contributed by atoms with Gasteiger partial charge in [0, 0.05) is 19.5 Å². The highest BCUT2D eigenvalue weighted by molar-refractivity contribution is 6.21. The Kier molecular flexibility index (Phi) is 4.58. The number of likely N-dealkylation sites (tertiary alicyclic amines) is 1. The quantitative estimate of drug-likeness (QED) is 0.664. The number of hydrogen-bond acceptors (Lipinski definition) is 4. The second kappa shape index (κ2) is 7.40. The molecule has 0 bridgehead atoms. The van der Waals surface area contributed by atoms with Gasteiger partial charge in [0.1, 0.15) is 5.82 Å². The fourth-order valence-corrected chi connectivity index (χ4v) is 4.45. The average molecular weight is 402 g/mol. The van der Waals surface area contributed by atoms with E-state index in [4.69, 9.17) is 0 Å². The van der Waals surface area contributed by atoms with Crippen molar-refractivity contribution in [2.45, 2.75) is 31.7 Å². The van der Waals surface area contributed by atoms with Crippen LogP contribution in [-0.4, -0.2) is 50.6 Å². The molecule has 1 N–H and O–H groups in total. The molecule has 2 aliphatic heterocycles. The number of imide groups is 1. The maximum absolute atomic E-state index is 12.9. The number of H-pyrrole nitrogens is 1. The van der Waals surface area contributed by atoms with E-state index in [9.17, 15) is 14.4 Å². The van der Waals surface area contributed by atoms with Crippen LogP contribution < -0.4 is 0 Å². The van der Waals surface area contributed by atoms with Crippen LogP contribution in [0, 0.1) is 0 Å². The van der Waals surface area contributed by atoms with E-state index in [1.54, 1.807) is 24.3 Å². The fraction of sp³-hybridized carbons (Fsp3) is 0.304. The van der Waals surface area contributed by atoms with Crippen LogP contribution >= 0.6 is 0 Å². The third-order valence-corrected chi connectivity index (χ3v) is 5.95. The van der Waals surface area contributed by atoms with Crippen molar-refractivity contribution in [1.82, 2.24) is 19.8 Å². The predicted octanol–water partition coefficient (Wildman–Crippen LogP) is 3.30. The SMILES string of the molecule is O=C1c2ccccc2C(=O)N1CCCC(=O)N1CCC[C@H]1c1nc2ccccc2[nH]1. The summed E-state index contributed by atoms with van der Waals surface area (Å²) in [5.74, 6) is 0.311. The van der Waals surface area contributed by atoms with Crippen molar-refractivity contribution in [3.63, 3.8) is 0 Å². The standard InChI is InChI=1S/C23H22N4O3/c28-20(12-6-14-27-22(29)15-7-1-2-8-16(15)23(27)30)26-13-5-11-19(26)21-24-17-9-3-4-10-18(17)25-21/h1-4,7-10,19H,5-6,11-14H2,(H,24,25)/t19-/m0/s1. The lowest BCUT2D eigenvalue weighted by molar-refractivity contribution is -0.132. The third-order valence-electron chi connectivity index (χ3n) is 5.95. The third kappa shape index (κ3) is 3.07. The fourth-order valence-electron chi connectivity index (χ4n) is 4.45. The summed E-state index contributed by atoms with van der Waals surface area (Å²) in [7, 11) is 0. The summed E-state index contributed by atoms with van der Waals surface area (Å²) in [6.07, 6.45) is 2.56. The van der Waals surface area contributed by atoms with Gasteiger partial charge in [-0.2, -0.15) is 0 Å². The van der Waals surface area contributed by atoms with E-state index >= 15 is 0 Å². The number of aromatic amines is 1. The van der Waals surface area contributed by atoms with Crippen molar-refractivity contribution in [1.29, 1.82) is 0 Å². The van der Waals surface area contributed by atoms with Crippen molar-refractivity contribution in [3.05, 3.63) is 65.5 Å². The Bertz CT molecular complexity index is 1080. The van der Waals surface area contributed by atoms with Gasteiger partial charge in [-0.05, 0) is 43.5 Å². The summed E-state index contributed by atoms with van der Waals surface area (Å²) in [6, 6.07) is 14.6. The number of aromatic nitrogens is 2. The van der Waals surface area contributed by atoms with Crippen molar-refractivity contribution in [3.8, 4) is 0 Å². The number of carbonyl (C=O) groups is 3. The number of hydrogen-bond donors (Lipinski definition) is 1.